The molecule has 1 aromatic rings. The van der Waals surface area contributed by atoms with Crippen LogP contribution in [0.1, 0.15) is 16.7 Å². The molecule has 1 rings (SSSR count). The summed E-state index contributed by atoms with van der Waals surface area (Å²) in [6.07, 6.45) is -4.95. The van der Waals surface area contributed by atoms with Crippen molar-refractivity contribution in [2.45, 2.75) is 26.6 Å². The summed E-state index contributed by atoms with van der Waals surface area (Å²) in [4.78, 5) is 10.9. The van der Waals surface area contributed by atoms with E-state index in [4.69, 9.17) is 21.1 Å². The molecular formula is C13H15ClF3NO3. The van der Waals surface area contributed by atoms with Crippen LogP contribution in [0.3, 0.4) is 0 Å². The molecule has 0 aliphatic carbocycles. The molecular weight excluding hydrogens is 311 g/mol. The van der Waals surface area contributed by atoms with Gasteiger partial charge in [0.1, 0.15) is 11.5 Å². The van der Waals surface area contributed by atoms with Crippen molar-refractivity contribution in [3.05, 3.63) is 21.7 Å². The Labute approximate surface area is 125 Å². The number of ether oxygens (including phenoxy) is 2. The minimum absolute atomic E-state index is 0.111. The van der Waals surface area contributed by atoms with Crippen LogP contribution in [0.15, 0.2) is 0 Å². The molecule has 118 valence electrons. The average Bonchev–Trinajstić information content (AvgIpc) is 2.40. The van der Waals surface area contributed by atoms with Crippen LogP contribution in [0.2, 0.25) is 5.02 Å². The first kappa shape index (κ1) is 17.4. The average molecular weight is 326 g/mol. The van der Waals surface area contributed by atoms with Crippen LogP contribution in [0.5, 0.6) is 11.5 Å². The number of carbonyl (C=O) groups is 1. The van der Waals surface area contributed by atoms with Crippen molar-refractivity contribution in [3.63, 3.8) is 0 Å². The fourth-order valence-corrected chi connectivity index (χ4v) is 2.29. The number of hydrogen-bond donors (Lipinski definition) is 1. The molecule has 0 spiro atoms. The first-order valence-electron chi connectivity index (χ1n) is 5.89. The number of carbonyl (C=O) groups excluding carboxylic acids is 1. The number of rotatable bonds is 4. The molecule has 4 nitrogen and oxygen atoms in total. The lowest BCUT2D eigenvalue weighted by atomic mass is 10.0. The molecule has 0 saturated heterocycles. The maximum absolute atomic E-state index is 12.2. The quantitative estimate of drug-likeness (QED) is 0.925. The van der Waals surface area contributed by atoms with E-state index in [2.05, 4.69) is 0 Å². The molecule has 1 amide bonds. The van der Waals surface area contributed by atoms with E-state index in [1.54, 1.807) is 19.2 Å². The summed E-state index contributed by atoms with van der Waals surface area (Å²) in [5.41, 5.74) is 1.62. The highest BCUT2D eigenvalue weighted by molar-refractivity contribution is 6.33. The van der Waals surface area contributed by atoms with Crippen LogP contribution >= 0.6 is 11.6 Å². The zero-order valence-corrected chi connectivity index (χ0v) is 12.7. The SMILES string of the molecule is COc1c(C)c(C)c(OC)c(CNC(=O)C(F)(F)F)c1Cl. The molecule has 0 aliphatic heterocycles. The van der Waals surface area contributed by atoms with Crippen molar-refractivity contribution in [3.8, 4) is 11.5 Å². The van der Waals surface area contributed by atoms with Gasteiger partial charge in [-0.15, -0.1) is 0 Å². The van der Waals surface area contributed by atoms with Gasteiger partial charge in [0, 0.05) is 12.1 Å². The largest absolute Gasteiger partial charge is 0.496 e. The van der Waals surface area contributed by atoms with Crippen molar-refractivity contribution < 1.29 is 27.4 Å². The molecule has 0 heterocycles. The van der Waals surface area contributed by atoms with Crippen molar-refractivity contribution >= 4 is 17.5 Å². The molecule has 0 fully saturated rings. The molecule has 0 saturated carbocycles. The predicted molar refractivity (Wildman–Crippen MR) is 71.9 cm³/mol. The number of benzene rings is 1. The zero-order valence-electron chi connectivity index (χ0n) is 11.9. The van der Waals surface area contributed by atoms with Crippen molar-refractivity contribution in [2.24, 2.45) is 0 Å². The molecule has 1 aromatic carbocycles. The van der Waals surface area contributed by atoms with E-state index in [9.17, 15) is 18.0 Å². The highest BCUT2D eigenvalue weighted by Gasteiger charge is 2.38. The highest BCUT2D eigenvalue weighted by atomic mass is 35.5. The van der Waals surface area contributed by atoms with Crippen LogP contribution in [-0.2, 0) is 11.3 Å². The second-order valence-electron chi connectivity index (χ2n) is 4.29. The van der Waals surface area contributed by atoms with E-state index in [-0.39, 0.29) is 10.6 Å². The maximum Gasteiger partial charge on any atom is 0.471 e. The van der Waals surface area contributed by atoms with Gasteiger partial charge in [-0.25, -0.2) is 0 Å². The molecule has 0 aromatic heterocycles. The lowest BCUT2D eigenvalue weighted by Crippen LogP contribution is -2.36. The third-order valence-electron chi connectivity index (χ3n) is 3.07. The predicted octanol–water partition coefficient (Wildman–Crippen LogP) is 3.15. The van der Waals surface area contributed by atoms with Crippen LogP contribution in [-0.4, -0.2) is 26.3 Å². The fraction of sp³-hybridized carbons (Fsp3) is 0.462. The lowest BCUT2D eigenvalue weighted by Gasteiger charge is -2.19. The van der Waals surface area contributed by atoms with Gasteiger partial charge in [-0.1, -0.05) is 11.6 Å². The van der Waals surface area contributed by atoms with Gasteiger partial charge in [-0.05, 0) is 25.0 Å². The summed E-state index contributed by atoms with van der Waals surface area (Å²) in [5.74, 6) is -1.38. The minimum atomic E-state index is -4.95. The molecule has 0 radical (unpaired) electrons. The van der Waals surface area contributed by atoms with E-state index in [1.165, 1.54) is 14.2 Å². The molecule has 8 heteroatoms. The number of amides is 1. The molecule has 0 aliphatic rings. The normalized spacial score (nSPS) is 11.2. The fourth-order valence-electron chi connectivity index (χ4n) is 1.91. The third kappa shape index (κ3) is 3.53. The maximum atomic E-state index is 12.2. The van der Waals surface area contributed by atoms with E-state index in [0.29, 0.717) is 22.6 Å². The zero-order chi connectivity index (χ0) is 16.4. The summed E-state index contributed by atoms with van der Waals surface area (Å²) in [6.45, 7) is 3.06. The van der Waals surface area contributed by atoms with Gasteiger partial charge in [-0.2, -0.15) is 13.2 Å². The summed E-state index contributed by atoms with van der Waals surface area (Å²) < 4.78 is 47.0. The summed E-state index contributed by atoms with van der Waals surface area (Å²) >= 11 is 6.13. The summed E-state index contributed by atoms with van der Waals surface area (Å²) in [7, 11) is 2.78. The highest BCUT2D eigenvalue weighted by Crippen LogP contribution is 2.41. The lowest BCUT2D eigenvalue weighted by molar-refractivity contribution is -0.173. The van der Waals surface area contributed by atoms with E-state index in [1.807, 2.05) is 0 Å². The first-order valence-corrected chi connectivity index (χ1v) is 6.27. The Bertz CT molecular complexity index is 559. The van der Waals surface area contributed by atoms with Crippen molar-refractivity contribution in [2.75, 3.05) is 14.2 Å². The number of nitrogens with one attached hydrogen (secondary N) is 1. The Kier molecular flexibility index (Phi) is 5.33. The Balaban J connectivity index is 3.23. The van der Waals surface area contributed by atoms with Gasteiger partial charge in [0.2, 0.25) is 0 Å². The van der Waals surface area contributed by atoms with Gasteiger partial charge in [0.05, 0.1) is 19.2 Å². The van der Waals surface area contributed by atoms with E-state index < -0.39 is 18.6 Å². The van der Waals surface area contributed by atoms with E-state index in [0.717, 1.165) is 0 Å². The van der Waals surface area contributed by atoms with Crippen LogP contribution < -0.4 is 14.8 Å². The smallest absolute Gasteiger partial charge is 0.471 e. The molecule has 0 unspecified atom stereocenters. The molecule has 1 N–H and O–H groups in total. The number of hydrogen-bond acceptors (Lipinski definition) is 3. The van der Waals surface area contributed by atoms with Crippen molar-refractivity contribution in [1.29, 1.82) is 0 Å². The Morgan fingerprint density at radius 2 is 1.62 bits per heavy atom. The van der Waals surface area contributed by atoms with Crippen LogP contribution in [0.25, 0.3) is 0 Å². The first-order chi connectivity index (χ1) is 9.65. The second kappa shape index (κ2) is 6.43. The number of methoxy groups -OCH3 is 2. The molecule has 21 heavy (non-hydrogen) atoms. The Morgan fingerprint density at radius 3 is 2.05 bits per heavy atom. The van der Waals surface area contributed by atoms with Gasteiger partial charge in [-0.3, -0.25) is 4.79 Å². The molecule has 0 bridgehead atoms. The van der Waals surface area contributed by atoms with Gasteiger partial charge in [0.15, 0.2) is 0 Å². The summed E-state index contributed by atoms with van der Waals surface area (Å²) in [6, 6.07) is 0. The topological polar surface area (TPSA) is 47.6 Å². The van der Waals surface area contributed by atoms with Gasteiger partial charge < -0.3 is 14.8 Å². The summed E-state index contributed by atoms with van der Waals surface area (Å²) in [5, 5.41) is 1.88. The number of halogens is 4. The van der Waals surface area contributed by atoms with Gasteiger partial charge in [0.25, 0.3) is 0 Å². The monoisotopic (exact) mass is 325 g/mol. The Morgan fingerprint density at radius 1 is 1.14 bits per heavy atom. The Hall–Kier alpha value is -1.63. The second-order valence-corrected chi connectivity index (χ2v) is 4.67. The molecule has 0 atom stereocenters. The van der Waals surface area contributed by atoms with Gasteiger partial charge >= 0.3 is 12.1 Å². The third-order valence-corrected chi connectivity index (χ3v) is 3.47. The van der Waals surface area contributed by atoms with Crippen LogP contribution in [0.4, 0.5) is 13.2 Å². The minimum Gasteiger partial charge on any atom is -0.496 e. The van der Waals surface area contributed by atoms with E-state index >= 15 is 0 Å². The van der Waals surface area contributed by atoms with Crippen molar-refractivity contribution in [1.82, 2.24) is 5.32 Å². The van der Waals surface area contributed by atoms with Crippen LogP contribution in [0, 0.1) is 13.8 Å². The number of alkyl halides is 3. The standard InChI is InChI=1S/C13H15ClF3NO3/c1-6-7(2)11(21-4)9(14)8(10(6)20-3)5-18-12(19)13(15,16)17/h5H2,1-4H3,(H,18,19).